The number of hydrogen-bond donors (Lipinski definition) is 1. The van der Waals surface area contributed by atoms with Crippen LogP contribution in [-0.4, -0.2) is 36.5 Å². The molecule has 5 aliphatic rings. The molecule has 1 unspecified atom stereocenters. The highest BCUT2D eigenvalue weighted by atomic mass is 16.5. The summed E-state index contributed by atoms with van der Waals surface area (Å²) in [5, 5.41) is 0. The number of ether oxygens (including phenoxy) is 2. The fourth-order valence-corrected chi connectivity index (χ4v) is 12.0. The SMILES string of the molecule is CC(=O)OC(CN)[C@@]12CC[C@]3(C)[C@H](CC[C@@H]4[C@@]5(C)CC[C@H](OC(C)=O)C(C)(C)[C@@H]5CC[C@]43C)C1=C(C(C)C)C(=O)C2. The van der Waals surface area contributed by atoms with Gasteiger partial charge in [-0.15, -0.1) is 0 Å². The molecule has 0 aromatic carbocycles. The predicted octanol–water partition coefficient (Wildman–Crippen LogP) is 6.79. The van der Waals surface area contributed by atoms with Crippen LogP contribution in [0.3, 0.4) is 0 Å². The Morgan fingerprint density at radius 1 is 0.878 bits per heavy atom. The van der Waals surface area contributed by atoms with E-state index in [1.54, 1.807) is 0 Å². The van der Waals surface area contributed by atoms with Crippen LogP contribution in [0.2, 0.25) is 0 Å². The lowest BCUT2D eigenvalue weighted by molar-refractivity contribution is -0.234. The van der Waals surface area contributed by atoms with Gasteiger partial charge in [-0.3, -0.25) is 14.4 Å². The van der Waals surface area contributed by atoms with Crippen LogP contribution in [0.5, 0.6) is 0 Å². The first kappa shape index (κ1) is 30.8. The number of hydrogen-bond acceptors (Lipinski definition) is 6. The smallest absolute Gasteiger partial charge is 0.302 e. The molecule has 0 saturated heterocycles. The van der Waals surface area contributed by atoms with Gasteiger partial charge in [-0.1, -0.05) is 48.5 Å². The summed E-state index contributed by atoms with van der Waals surface area (Å²) >= 11 is 0. The topological polar surface area (TPSA) is 95.7 Å². The van der Waals surface area contributed by atoms with Crippen LogP contribution in [0.1, 0.15) is 120 Å². The summed E-state index contributed by atoms with van der Waals surface area (Å²) in [7, 11) is 0. The normalized spacial score (nSPS) is 43.9. The van der Waals surface area contributed by atoms with Gasteiger partial charge in [0.2, 0.25) is 0 Å². The monoisotopic (exact) mass is 569 g/mol. The Morgan fingerprint density at radius 3 is 2.15 bits per heavy atom. The van der Waals surface area contributed by atoms with Crippen LogP contribution in [0.25, 0.3) is 0 Å². The van der Waals surface area contributed by atoms with E-state index in [2.05, 4.69) is 48.5 Å². The zero-order chi connectivity index (χ0) is 30.3. The Balaban J connectivity index is 1.57. The van der Waals surface area contributed by atoms with Gasteiger partial charge < -0.3 is 15.2 Å². The number of fused-ring (bicyclic) bond motifs is 7. The predicted molar refractivity (Wildman–Crippen MR) is 160 cm³/mol. The summed E-state index contributed by atoms with van der Waals surface area (Å²) in [5.41, 5.74) is 8.41. The third-order valence-electron chi connectivity index (χ3n) is 13.9. The second-order valence-corrected chi connectivity index (χ2v) is 16.1. The maximum Gasteiger partial charge on any atom is 0.302 e. The van der Waals surface area contributed by atoms with Gasteiger partial charge in [0.1, 0.15) is 12.2 Å². The minimum atomic E-state index is -0.477. The van der Waals surface area contributed by atoms with Crippen LogP contribution in [0.15, 0.2) is 11.1 Å². The summed E-state index contributed by atoms with van der Waals surface area (Å²) in [5.74, 6) is 1.23. The molecule has 0 aliphatic heterocycles. The molecule has 0 amide bonds. The van der Waals surface area contributed by atoms with E-state index in [4.69, 9.17) is 15.2 Å². The van der Waals surface area contributed by atoms with Crippen molar-refractivity contribution in [3.8, 4) is 0 Å². The lowest BCUT2D eigenvalue weighted by Gasteiger charge is -2.72. The number of Topliss-reactive ketones (excluding diaryl/α,β-unsaturated/α-hetero) is 1. The number of nitrogens with two attached hydrogens (primary N) is 1. The van der Waals surface area contributed by atoms with Crippen molar-refractivity contribution in [2.75, 3.05) is 6.54 Å². The highest BCUT2D eigenvalue weighted by molar-refractivity contribution is 6.01. The number of carbonyl (C=O) groups is 3. The standard InChI is InChI=1S/C35H55NO5/c1-20(2)29-24(39)18-35(28(19-36)41-22(4)38)17-16-33(8)23(30(29)35)10-11-26-32(7)14-13-27(40-21(3)37)31(5,6)25(32)12-15-34(26,33)9/h20,23,25-28H,10-19,36H2,1-9H3/t23-,25+,26-,27+,28?,32+,33-,34-,35+/m1/s1. The van der Waals surface area contributed by atoms with Gasteiger partial charge in [0.05, 0.1) is 0 Å². The largest absolute Gasteiger partial charge is 0.462 e. The summed E-state index contributed by atoms with van der Waals surface area (Å²) in [4.78, 5) is 38.0. The average molecular weight is 570 g/mol. The molecule has 230 valence electrons. The van der Waals surface area contributed by atoms with Crippen LogP contribution in [0.4, 0.5) is 0 Å². The van der Waals surface area contributed by atoms with E-state index in [1.165, 1.54) is 19.4 Å². The molecule has 6 nitrogen and oxygen atoms in total. The highest BCUT2D eigenvalue weighted by Crippen LogP contribution is 2.77. The van der Waals surface area contributed by atoms with E-state index in [-0.39, 0.29) is 63.9 Å². The van der Waals surface area contributed by atoms with Crippen molar-refractivity contribution >= 4 is 17.7 Å². The van der Waals surface area contributed by atoms with Crippen molar-refractivity contribution in [1.29, 1.82) is 0 Å². The lowest BCUT2D eigenvalue weighted by atomic mass is 9.33. The first-order valence-corrected chi connectivity index (χ1v) is 16.3. The van der Waals surface area contributed by atoms with Crippen molar-refractivity contribution in [2.45, 2.75) is 132 Å². The molecule has 0 aromatic rings. The molecule has 0 spiro atoms. The van der Waals surface area contributed by atoms with E-state index in [1.807, 2.05) is 0 Å². The van der Waals surface area contributed by atoms with E-state index in [0.29, 0.717) is 18.3 Å². The zero-order valence-corrected chi connectivity index (χ0v) is 27.2. The molecule has 0 aromatic heterocycles. The van der Waals surface area contributed by atoms with Crippen LogP contribution >= 0.6 is 0 Å². The Morgan fingerprint density at radius 2 is 1.56 bits per heavy atom. The van der Waals surface area contributed by atoms with Crippen molar-refractivity contribution in [3.05, 3.63) is 11.1 Å². The van der Waals surface area contributed by atoms with E-state index in [9.17, 15) is 14.4 Å². The highest BCUT2D eigenvalue weighted by Gasteiger charge is 2.71. The molecule has 9 atom stereocenters. The molecule has 5 aliphatic carbocycles. The van der Waals surface area contributed by atoms with Gasteiger partial charge in [0.15, 0.2) is 5.78 Å². The number of rotatable bonds is 5. The molecule has 6 heteroatoms. The summed E-state index contributed by atoms with van der Waals surface area (Å²) in [6.45, 7) is 19.8. The van der Waals surface area contributed by atoms with Gasteiger partial charge in [0.25, 0.3) is 0 Å². The lowest BCUT2D eigenvalue weighted by Crippen LogP contribution is -2.66. The maximum atomic E-state index is 13.8. The van der Waals surface area contributed by atoms with Crippen molar-refractivity contribution in [3.63, 3.8) is 0 Å². The van der Waals surface area contributed by atoms with Crippen LogP contribution in [-0.2, 0) is 23.9 Å². The quantitative estimate of drug-likeness (QED) is 0.366. The Hall–Kier alpha value is -1.69. The molecule has 0 radical (unpaired) electrons. The number of esters is 2. The average Bonchev–Trinajstić information content (AvgIpc) is 3.17. The Bertz CT molecular complexity index is 1160. The number of ketones is 1. The van der Waals surface area contributed by atoms with Gasteiger partial charge in [-0.05, 0) is 102 Å². The van der Waals surface area contributed by atoms with E-state index >= 15 is 0 Å². The molecule has 5 rings (SSSR count). The van der Waals surface area contributed by atoms with Gasteiger partial charge in [0, 0.05) is 37.6 Å². The first-order valence-electron chi connectivity index (χ1n) is 16.3. The maximum absolute atomic E-state index is 13.8. The molecule has 0 bridgehead atoms. The zero-order valence-electron chi connectivity index (χ0n) is 27.2. The molecule has 0 heterocycles. The molecular weight excluding hydrogens is 514 g/mol. The van der Waals surface area contributed by atoms with Crippen molar-refractivity contribution < 1.29 is 23.9 Å². The Kier molecular flexibility index (Phi) is 7.44. The molecule has 4 fully saturated rings. The molecule has 2 N–H and O–H groups in total. The fraction of sp³-hybridized carbons (Fsp3) is 0.857. The second kappa shape index (κ2) is 9.92. The molecule has 4 saturated carbocycles. The summed E-state index contributed by atoms with van der Waals surface area (Å²) in [6.07, 6.45) is 8.29. The first-order chi connectivity index (χ1) is 19.0. The summed E-state index contributed by atoms with van der Waals surface area (Å²) in [6, 6.07) is 0. The number of allylic oxidation sites excluding steroid dienone is 1. The molecule has 41 heavy (non-hydrogen) atoms. The Labute approximate surface area is 247 Å². The second-order valence-electron chi connectivity index (χ2n) is 16.1. The van der Waals surface area contributed by atoms with E-state index < -0.39 is 11.5 Å². The summed E-state index contributed by atoms with van der Waals surface area (Å²) < 4.78 is 11.8. The molecular formula is C35H55NO5. The number of carbonyl (C=O) groups excluding carboxylic acids is 3. The van der Waals surface area contributed by atoms with Crippen LogP contribution < -0.4 is 5.73 Å². The van der Waals surface area contributed by atoms with Gasteiger partial charge in [-0.25, -0.2) is 0 Å². The minimum Gasteiger partial charge on any atom is -0.462 e. The van der Waals surface area contributed by atoms with Gasteiger partial charge in [-0.2, -0.15) is 0 Å². The van der Waals surface area contributed by atoms with Gasteiger partial charge >= 0.3 is 11.9 Å². The third kappa shape index (κ3) is 4.15. The minimum absolute atomic E-state index is 0.0256. The van der Waals surface area contributed by atoms with Crippen molar-refractivity contribution in [2.24, 2.45) is 56.5 Å². The van der Waals surface area contributed by atoms with E-state index in [0.717, 1.165) is 56.9 Å². The van der Waals surface area contributed by atoms with Crippen LogP contribution in [0, 0.1) is 50.7 Å². The third-order valence-corrected chi connectivity index (χ3v) is 13.9. The fourth-order valence-electron chi connectivity index (χ4n) is 12.0. The van der Waals surface area contributed by atoms with Crippen molar-refractivity contribution in [1.82, 2.24) is 0 Å².